The van der Waals surface area contributed by atoms with Crippen LogP contribution in [0.2, 0.25) is 0 Å². The van der Waals surface area contributed by atoms with Crippen molar-refractivity contribution in [2.75, 3.05) is 7.11 Å². The molecule has 5 heteroatoms. The van der Waals surface area contributed by atoms with E-state index in [0.29, 0.717) is 12.0 Å². The smallest absolute Gasteiger partial charge is 0.338 e. The molecule has 0 spiro atoms. The second-order valence-electron chi connectivity index (χ2n) is 6.84. The first-order valence-electron chi connectivity index (χ1n) is 8.08. The molecule has 0 saturated heterocycles. The predicted molar refractivity (Wildman–Crippen MR) is 84.6 cm³/mol. The normalized spacial score (nSPS) is 35.6. The van der Waals surface area contributed by atoms with Crippen molar-refractivity contribution in [3.05, 3.63) is 35.9 Å². The molecular weight excluding hydrogens is 294 g/mol. The molecule has 2 fully saturated rings. The van der Waals surface area contributed by atoms with Crippen molar-refractivity contribution in [3.8, 4) is 0 Å². The van der Waals surface area contributed by atoms with Gasteiger partial charge in [-0.1, -0.05) is 18.2 Å². The van der Waals surface area contributed by atoms with Crippen molar-refractivity contribution >= 4 is 11.9 Å². The molecule has 0 aliphatic heterocycles. The van der Waals surface area contributed by atoms with Crippen LogP contribution in [0.25, 0.3) is 0 Å². The van der Waals surface area contributed by atoms with Gasteiger partial charge in [0, 0.05) is 5.54 Å². The van der Waals surface area contributed by atoms with Gasteiger partial charge < -0.3 is 15.2 Å². The van der Waals surface area contributed by atoms with Gasteiger partial charge in [-0.25, -0.2) is 4.79 Å². The van der Waals surface area contributed by atoms with Gasteiger partial charge in [0.25, 0.3) is 0 Å². The number of esters is 2. The second-order valence-corrected chi connectivity index (χ2v) is 6.84. The Hall–Kier alpha value is -1.88. The van der Waals surface area contributed by atoms with Gasteiger partial charge in [-0.3, -0.25) is 4.79 Å². The lowest BCUT2D eigenvalue weighted by Crippen LogP contribution is -2.58. The standard InChI is InChI=1S/C18H23NO4/c1-18(19)12-8-9-13(18)15(17(21)22-2)14(10-12)23-16(20)11-6-4-3-5-7-11/h3-7,12-15H,8-10,19H2,1-2H3. The molecule has 3 rings (SSSR count). The number of ether oxygens (including phenoxy) is 2. The lowest BCUT2D eigenvalue weighted by molar-refractivity contribution is -0.157. The quantitative estimate of drug-likeness (QED) is 0.864. The Balaban J connectivity index is 1.83. The first-order valence-corrected chi connectivity index (χ1v) is 8.08. The topological polar surface area (TPSA) is 78.6 Å². The van der Waals surface area contributed by atoms with Crippen LogP contribution < -0.4 is 5.73 Å². The molecule has 2 aliphatic rings. The molecule has 2 aliphatic carbocycles. The summed E-state index contributed by atoms with van der Waals surface area (Å²) in [4.78, 5) is 24.7. The summed E-state index contributed by atoms with van der Waals surface area (Å²) in [7, 11) is 1.37. The van der Waals surface area contributed by atoms with Crippen LogP contribution in [-0.4, -0.2) is 30.7 Å². The van der Waals surface area contributed by atoms with E-state index in [1.807, 2.05) is 13.0 Å². The molecule has 2 N–H and O–H groups in total. The minimum absolute atomic E-state index is 0.0118. The third-order valence-electron chi connectivity index (χ3n) is 5.60. The van der Waals surface area contributed by atoms with Crippen LogP contribution in [0.5, 0.6) is 0 Å². The lowest BCUT2D eigenvalue weighted by atomic mass is 9.66. The van der Waals surface area contributed by atoms with Gasteiger partial charge in [-0.2, -0.15) is 0 Å². The Bertz CT molecular complexity index is 598. The molecule has 2 saturated carbocycles. The van der Waals surface area contributed by atoms with Gasteiger partial charge in [0.2, 0.25) is 0 Å². The van der Waals surface area contributed by atoms with E-state index in [0.717, 1.165) is 12.8 Å². The third-order valence-corrected chi connectivity index (χ3v) is 5.60. The SMILES string of the molecule is COC(=O)C1C(OC(=O)c2ccccc2)CC2CCC1C2(C)N. The van der Waals surface area contributed by atoms with Crippen LogP contribution in [0.15, 0.2) is 30.3 Å². The van der Waals surface area contributed by atoms with Crippen molar-refractivity contribution < 1.29 is 19.1 Å². The third kappa shape index (κ3) is 2.74. The van der Waals surface area contributed by atoms with Crippen molar-refractivity contribution in [2.45, 2.75) is 37.8 Å². The molecule has 2 bridgehead atoms. The number of hydrogen-bond acceptors (Lipinski definition) is 5. The van der Waals surface area contributed by atoms with Crippen LogP contribution >= 0.6 is 0 Å². The molecular formula is C18H23NO4. The maximum absolute atomic E-state index is 12.4. The van der Waals surface area contributed by atoms with E-state index in [1.165, 1.54) is 7.11 Å². The second kappa shape index (κ2) is 5.96. The molecule has 0 radical (unpaired) electrons. The summed E-state index contributed by atoms with van der Waals surface area (Å²) < 4.78 is 10.7. The number of carbonyl (C=O) groups excluding carboxylic acids is 2. The lowest BCUT2D eigenvalue weighted by Gasteiger charge is -2.45. The highest BCUT2D eigenvalue weighted by Crippen LogP contribution is 2.52. The average Bonchev–Trinajstić information content (AvgIpc) is 2.73. The van der Waals surface area contributed by atoms with Gasteiger partial charge in [0.1, 0.15) is 6.10 Å². The number of rotatable bonds is 3. The Morgan fingerprint density at radius 1 is 1.22 bits per heavy atom. The van der Waals surface area contributed by atoms with E-state index in [-0.39, 0.29) is 17.8 Å². The van der Waals surface area contributed by atoms with Crippen molar-refractivity contribution in [3.63, 3.8) is 0 Å². The van der Waals surface area contributed by atoms with E-state index in [9.17, 15) is 9.59 Å². The van der Waals surface area contributed by atoms with E-state index in [4.69, 9.17) is 15.2 Å². The fourth-order valence-electron chi connectivity index (χ4n) is 4.28. The van der Waals surface area contributed by atoms with E-state index in [2.05, 4.69) is 0 Å². The molecule has 5 nitrogen and oxygen atoms in total. The van der Waals surface area contributed by atoms with Gasteiger partial charge in [0.05, 0.1) is 18.6 Å². The molecule has 5 unspecified atom stereocenters. The molecule has 124 valence electrons. The van der Waals surface area contributed by atoms with Crippen molar-refractivity contribution in [1.82, 2.24) is 0 Å². The van der Waals surface area contributed by atoms with Gasteiger partial charge in [-0.05, 0) is 50.2 Å². The minimum Gasteiger partial charge on any atom is -0.469 e. The van der Waals surface area contributed by atoms with Crippen LogP contribution in [0.1, 0.15) is 36.5 Å². The molecule has 0 amide bonds. The summed E-state index contributed by atoms with van der Waals surface area (Å²) in [5, 5.41) is 0. The Morgan fingerprint density at radius 2 is 1.91 bits per heavy atom. The number of nitrogens with two attached hydrogens (primary N) is 1. The van der Waals surface area contributed by atoms with Crippen LogP contribution in [0.3, 0.4) is 0 Å². The van der Waals surface area contributed by atoms with Crippen molar-refractivity contribution in [2.24, 2.45) is 23.5 Å². The zero-order chi connectivity index (χ0) is 16.6. The molecule has 5 atom stereocenters. The zero-order valence-electron chi connectivity index (χ0n) is 13.5. The van der Waals surface area contributed by atoms with Crippen LogP contribution in [0.4, 0.5) is 0 Å². The van der Waals surface area contributed by atoms with Gasteiger partial charge in [-0.15, -0.1) is 0 Å². The summed E-state index contributed by atoms with van der Waals surface area (Å²) in [6.45, 7) is 2.00. The van der Waals surface area contributed by atoms with Crippen LogP contribution in [-0.2, 0) is 14.3 Å². The predicted octanol–water partition coefficient (Wildman–Crippen LogP) is 2.15. The highest BCUT2D eigenvalue weighted by atomic mass is 16.6. The molecule has 1 aromatic rings. The van der Waals surface area contributed by atoms with Crippen molar-refractivity contribution in [1.29, 1.82) is 0 Å². The van der Waals surface area contributed by atoms with Gasteiger partial charge >= 0.3 is 11.9 Å². The van der Waals surface area contributed by atoms with E-state index < -0.39 is 23.5 Å². The fourth-order valence-corrected chi connectivity index (χ4v) is 4.28. The average molecular weight is 317 g/mol. The molecule has 0 aromatic heterocycles. The monoisotopic (exact) mass is 317 g/mol. The minimum atomic E-state index is -0.485. The number of methoxy groups -OCH3 is 1. The van der Waals surface area contributed by atoms with Crippen LogP contribution in [0, 0.1) is 17.8 Å². The summed E-state index contributed by atoms with van der Waals surface area (Å²) in [6.07, 6.45) is 1.98. The van der Waals surface area contributed by atoms with E-state index >= 15 is 0 Å². The Kier molecular flexibility index (Phi) is 4.15. The molecule has 0 heterocycles. The number of carbonyl (C=O) groups is 2. The number of fused-ring (bicyclic) bond motifs is 2. The molecule has 1 aromatic carbocycles. The first-order chi connectivity index (χ1) is 10.9. The number of benzene rings is 1. The fraction of sp³-hybridized carbons (Fsp3) is 0.556. The van der Waals surface area contributed by atoms with E-state index in [1.54, 1.807) is 24.3 Å². The summed E-state index contributed by atoms with van der Waals surface area (Å²) in [5.41, 5.74) is 6.55. The first kappa shape index (κ1) is 16.0. The molecule has 23 heavy (non-hydrogen) atoms. The highest BCUT2D eigenvalue weighted by molar-refractivity contribution is 5.89. The Labute approximate surface area is 136 Å². The Morgan fingerprint density at radius 3 is 2.57 bits per heavy atom. The maximum Gasteiger partial charge on any atom is 0.338 e. The highest BCUT2D eigenvalue weighted by Gasteiger charge is 2.57. The summed E-state index contributed by atoms with van der Waals surface area (Å²) in [6, 6.07) is 8.83. The summed E-state index contributed by atoms with van der Waals surface area (Å²) in [5.74, 6) is -0.965. The maximum atomic E-state index is 12.4. The van der Waals surface area contributed by atoms with Gasteiger partial charge in [0.15, 0.2) is 0 Å². The largest absolute Gasteiger partial charge is 0.469 e. The zero-order valence-corrected chi connectivity index (χ0v) is 13.5. The number of hydrogen-bond donors (Lipinski definition) is 1. The summed E-state index contributed by atoms with van der Waals surface area (Å²) >= 11 is 0.